The van der Waals surface area contributed by atoms with Gasteiger partial charge in [0, 0.05) is 97.2 Å². The fourth-order valence-electron chi connectivity index (χ4n) is 13.2. The number of hydrogen-bond donors (Lipinski definition) is 9. The van der Waals surface area contributed by atoms with Gasteiger partial charge in [0.2, 0.25) is 35.3 Å². The Bertz CT molecular complexity index is 3280. The van der Waals surface area contributed by atoms with Crippen molar-refractivity contribution in [3.8, 4) is 17.2 Å². The van der Waals surface area contributed by atoms with E-state index < -0.39 is 147 Å². The van der Waals surface area contributed by atoms with Crippen LogP contribution in [-0.4, -0.2) is 177 Å². The molecule has 10 N–H and O–H groups in total. The third-order valence-electron chi connectivity index (χ3n) is 18.1. The van der Waals surface area contributed by atoms with E-state index >= 15 is 0 Å². The van der Waals surface area contributed by atoms with Gasteiger partial charge in [-0.2, -0.15) is 0 Å². The van der Waals surface area contributed by atoms with Crippen molar-refractivity contribution < 1.29 is 86.9 Å². The Morgan fingerprint density at radius 1 is 0.922 bits per heavy atom. The van der Waals surface area contributed by atoms with E-state index in [0.29, 0.717) is 25.1 Å². The highest BCUT2D eigenvalue weighted by molar-refractivity contribution is 14.1. The molecule has 0 bridgehead atoms. The number of nitrogens with zero attached hydrogens (tertiary/aromatic N) is 2. The third-order valence-corrected chi connectivity index (χ3v) is 20.2. The standard InChI is InChI=1S/C63H81IN8O18/c1-8-10-21-62(64,9-2)37-26-43(74)72(57(37)81)23-20-42(73)70-49(31(3)4)56(80)69-38(14-12-22-66-61(65)83)55(79)68-34-18-16-33(17-19-34)30-67-60(82)63(84)28-36-46(53(78)48-47(51(36)76)50(75)35-13-11-15-40(85-6)45(35)52(48)77)41(29-63)89-44-27-39-54(32(5)88-44)90-58-59(86-7)87-25-24-71(39)58/h11,13,15-19,31-32,37-39,41,44,49,54,58-59,76,78,84H,8-10,12,14,20-30H2,1-7H3,(H,67,82)(H,68,79)(H,69,80)(H,70,73)(H3,65,66,83)/t32-,37?,38-,39-,41-,44-,49-,54+,58+,59-,62?,63-/m0/s1. The summed E-state index contributed by atoms with van der Waals surface area (Å²) in [5.74, 6) is -7.39. The normalized spacial score (nSPS) is 25.8. The fourth-order valence-corrected chi connectivity index (χ4v) is 14.1. The van der Waals surface area contributed by atoms with Gasteiger partial charge in [0.1, 0.15) is 41.0 Å². The highest BCUT2D eigenvalue weighted by atomic mass is 127. The van der Waals surface area contributed by atoms with Crippen molar-refractivity contribution in [3.05, 3.63) is 81.4 Å². The maximum absolute atomic E-state index is 14.5. The summed E-state index contributed by atoms with van der Waals surface area (Å²) in [6.45, 7) is 9.90. The molecule has 0 saturated carbocycles. The number of imide groups is 1. The summed E-state index contributed by atoms with van der Waals surface area (Å²) in [6.07, 6.45) is -2.20. The van der Waals surface area contributed by atoms with E-state index in [1.807, 2.05) is 13.8 Å². The Kier molecular flexibility index (Phi) is 21.3. The Labute approximate surface area is 534 Å². The molecule has 488 valence electrons. The minimum absolute atomic E-state index is 0.0268. The van der Waals surface area contributed by atoms with Gasteiger partial charge in [0.25, 0.3) is 5.91 Å². The molecule has 26 nitrogen and oxygen atoms in total. The van der Waals surface area contributed by atoms with Gasteiger partial charge in [0.15, 0.2) is 24.6 Å². The molecule has 27 heteroatoms. The average Bonchev–Trinajstić information content (AvgIpc) is 0.922. The van der Waals surface area contributed by atoms with E-state index in [-0.39, 0.29) is 103 Å². The van der Waals surface area contributed by atoms with Crippen LogP contribution in [0.3, 0.4) is 0 Å². The topological polar surface area (TPSA) is 362 Å². The summed E-state index contributed by atoms with van der Waals surface area (Å²) in [5, 5.41) is 50.4. The smallest absolute Gasteiger partial charge is 0.312 e. The summed E-state index contributed by atoms with van der Waals surface area (Å²) in [6, 6.07) is 7.28. The van der Waals surface area contributed by atoms with Gasteiger partial charge in [-0.3, -0.25) is 48.2 Å². The van der Waals surface area contributed by atoms with Gasteiger partial charge in [-0.25, -0.2) is 4.79 Å². The Morgan fingerprint density at radius 2 is 1.66 bits per heavy atom. The van der Waals surface area contributed by atoms with Crippen LogP contribution in [-0.2, 0) is 65.4 Å². The van der Waals surface area contributed by atoms with Gasteiger partial charge in [0.05, 0.1) is 48.5 Å². The summed E-state index contributed by atoms with van der Waals surface area (Å²) in [7, 11) is 2.85. The number of benzene rings is 3. The zero-order valence-electron chi connectivity index (χ0n) is 51.5. The second-order valence-electron chi connectivity index (χ2n) is 24.2. The molecule has 90 heavy (non-hydrogen) atoms. The number of aliphatic hydroxyl groups is 1. The number of anilines is 1. The molecule has 6 aliphatic rings. The second-order valence-corrected chi connectivity index (χ2v) is 26.4. The maximum atomic E-state index is 14.5. The number of alkyl halides is 1. The number of primary amides is 1. The number of urea groups is 1. The number of carbonyl (C=O) groups excluding carboxylic acids is 9. The molecule has 2 unspecified atom stereocenters. The molecule has 4 aliphatic heterocycles. The van der Waals surface area contributed by atoms with Gasteiger partial charge >= 0.3 is 6.03 Å². The lowest BCUT2D eigenvalue weighted by Crippen LogP contribution is -2.55. The number of likely N-dealkylation sites (tertiary alicyclic amines) is 1. The quantitative estimate of drug-likeness (QED) is 0.0149. The van der Waals surface area contributed by atoms with Crippen molar-refractivity contribution in [3.63, 3.8) is 0 Å². The van der Waals surface area contributed by atoms with E-state index in [4.69, 9.17) is 34.2 Å². The number of nitrogens with two attached hydrogens (primary N) is 1. The van der Waals surface area contributed by atoms with Crippen LogP contribution in [0.2, 0.25) is 0 Å². The van der Waals surface area contributed by atoms with Crippen LogP contribution in [0, 0.1) is 11.8 Å². The number of fused-ring (bicyclic) bond motifs is 6. The molecule has 12 atom stereocenters. The molecule has 3 aromatic rings. The molecule has 0 radical (unpaired) electrons. The Hall–Kier alpha value is -6.86. The highest BCUT2D eigenvalue weighted by Crippen LogP contribution is 2.53. The first-order chi connectivity index (χ1) is 42.9. The lowest BCUT2D eigenvalue weighted by atomic mass is 9.72. The molecule has 4 fully saturated rings. The number of carbonyl (C=O) groups is 9. The van der Waals surface area contributed by atoms with Gasteiger partial charge < -0.3 is 76.1 Å². The lowest BCUT2D eigenvalue weighted by Gasteiger charge is -2.43. The number of phenols is 2. The van der Waals surface area contributed by atoms with Crippen molar-refractivity contribution in [1.29, 1.82) is 0 Å². The highest BCUT2D eigenvalue weighted by Gasteiger charge is 2.56. The van der Waals surface area contributed by atoms with Gasteiger partial charge in [-0.05, 0) is 62.3 Å². The maximum Gasteiger partial charge on any atom is 0.312 e. The largest absolute Gasteiger partial charge is 0.507 e. The van der Waals surface area contributed by atoms with Crippen LogP contribution < -0.4 is 37.1 Å². The Balaban J connectivity index is 0.879. The number of ketones is 2. The molecular formula is C63H81IN8O18. The molecule has 0 spiro atoms. The number of unbranched alkanes of at least 4 members (excludes halogenated alkanes) is 1. The van der Waals surface area contributed by atoms with Crippen molar-refractivity contribution in [2.45, 2.75) is 176 Å². The van der Waals surface area contributed by atoms with Gasteiger partial charge in [-0.1, -0.05) is 87.4 Å². The first-order valence-corrected chi connectivity index (χ1v) is 31.7. The van der Waals surface area contributed by atoms with E-state index in [2.05, 4.69) is 61.0 Å². The van der Waals surface area contributed by atoms with Crippen LogP contribution in [0.4, 0.5) is 10.5 Å². The number of aromatic hydroxyl groups is 2. The molecular weight excluding hydrogens is 1280 g/mol. The molecule has 9 rings (SSSR count). The zero-order chi connectivity index (χ0) is 65.1. The number of phenolic OH excluding ortho intramolecular Hbond substituents is 2. The van der Waals surface area contributed by atoms with Crippen LogP contribution in [0.25, 0.3) is 0 Å². The number of nitrogens with one attached hydrogen (secondary N) is 5. The van der Waals surface area contributed by atoms with Gasteiger partial charge in [-0.15, -0.1) is 0 Å². The summed E-state index contributed by atoms with van der Waals surface area (Å²) in [5.41, 5.74) is 2.15. The average molecular weight is 1370 g/mol. The SMILES string of the molecule is CCCCC(I)(CC)C1CC(=O)N(CCC(=O)N[C@H](C(=O)N[C@@H](CCCNC(N)=O)C(=O)Nc2ccc(CNC(=O)[C@]3(O)Cc4c(O)c5c(c(O)c4[C@@H](O[C@H]4C[C@H]6[C@H](O[C@@H]7[C@@H](OC)OCCN76)[C@H](C)O4)C3)C(=O)c3c(OC)cccc3C5=O)cc2)C(C)C)C1=O. The number of methoxy groups -OCH3 is 2. The van der Waals surface area contributed by atoms with Crippen LogP contribution in [0.15, 0.2) is 42.5 Å². The zero-order valence-corrected chi connectivity index (χ0v) is 53.7. The third kappa shape index (κ3) is 13.8. The number of morpholine rings is 1. The van der Waals surface area contributed by atoms with Crippen molar-refractivity contribution in [2.24, 2.45) is 17.6 Å². The fraction of sp³-hybridized carbons (Fsp3) is 0.571. The van der Waals surface area contributed by atoms with Crippen LogP contribution >= 0.6 is 22.6 Å². The number of halogens is 1. The lowest BCUT2D eigenvalue weighted by molar-refractivity contribution is -0.256. The predicted molar refractivity (Wildman–Crippen MR) is 330 cm³/mol. The van der Waals surface area contributed by atoms with E-state index in [1.54, 1.807) is 38.1 Å². The number of ether oxygens (including phenoxy) is 6. The first-order valence-electron chi connectivity index (χ1n) is 30.7. The molecule has 4 saturated heterocycles. The molecule has 2 aliphatic carbocycles. The van der Waals surface area contributed by atoms with Crippen LogP contribution in [0.5, 0.6) is 17.2 Å². The minimum atomic E-state index is -2.38. The van der Waals surface area contributed by atoms with E-state index in [9.17, 15) is 58.5 Å². The monoisotopic (exact) mass is 1360 g/mol. The number of amides is 8. The van der Waals surface area contributed by atoms with E-state index in [0.717, 1.165) is 24.2 Å². The molecule has 3 aromatic carbocycles. The minimum Gasteiger partial charge on any atom is -0.507 e. The summed E-state index contributed by atoms with van der Waals surface area (Å²) >= 11 is 2.30. The van der Waals surface area contributed by atoms with Crippen molar-refractivity contribution in [1.82, 2.24) is 31.1 Å². The van der Waals surface area contributed by atoms with Crippen LogP contribution in [0.1, 0.15) is 153 Å². The van der Waals surface area contributed by atoms with E-state index in [1.165, 1.54) is 32.4 Å². The first kappa shape index (κ1) is 67.5. The van der Waals surface area contributed by atoms with Crippen molar-refractivity contribution in [2.75, 3.05) is 45.8 Å². The summed E-state index contributed by atoms with van der Waals surface area (Å²) < 4.78 is 35.8. The summed E-state index contributed by atoms with van der Waals surface area (Å²) in [4.78, 5) is 126. The molecule has 0 aromatic heterocycles. The second kappa shape index (κ2) is 28.3. The molecule has 8 amide bonds. The Morgan fingerprint density at radius 3 is 2.33 bits per heavy atom. The van der Waals surface area contributed by atoms with Crippen molar-refractivity contribution >= 4 is 81.3 Å². The number of hydrogen-bond acceptors (Lipinski definition) is 19. The molecule has 4 heterocycles. The number of rotatable bonds is 25. The predicted octanol–water partition coefficient (Wildman–Crippen LogP) is 4.02.